The number of halogens is 1. The summed E-state index contributed by atoms with van der Waals surface area (Å²) in [6.07, 6.45) is 3.11. The van der Waals surface area contributed by atoms with Crippen molar-refractivity contribution in [1.82, 2.24) is 4.98 Å². The first-order valence-electron chi connectivity index (χ1n) is 5.69. The molecule has 0 unspecified atom stereocenters. The lowest BCUT2D eigenvalue weighted by atomic mass is 10.1. The molecule has 5 heteroatoms. The van der Waals surface area contributed by atoms with Gasteiger partial charge in [0.25, 0.3) is 0 Å². The number of aryl methyl sites for hydroxylation is 1. The van der Waals surface area contributed by atoms with Gasteiger partial charge in [-0.3, -0.25) is 4.98 Å². The van der Waals surface area contributed by atoms with Gasteiger partial charge in [-0.05, 0) is 36.8 Å². The monoisotopic (exact) mass is 276 g/mol. The van der Waals surface area contributed by atoms with Gasteiger partial charge in [-0.1, -0.05) is 11.6 Å². The average Bonchev–Trinajstić information content (AvgIpc) is 2.36. The third kappa shape index (κ3) is 3.45. The Labute approximate surface area is 116 Å². The van der Waals surface area contributed by atoms with E-state index in [1.54, 1.807) is 30.5 Å². The number of rotatable bonds is 3. The van der Waals surface area contributed by atoms with Gasteiger partial charge in [-0.15, -0.1) is 0 Å². The SMILES string of the molecule is Cc1cc(N)cc(C(=O)OCc2ccncc2Cl)c1. The number of hydrogen-bond donors (Lipinski definition) is 1. The Morgan fingerprint density at radius 2 is 2.21 bits per heavy atom. The fraction of sp³-hybridized carbons (Fsp3) is 0.143. The number of pyridine rings is 1. The lowest BCUT2D eigenvalue weighted by Crippen LogP contribution is -2.06. The molecule has 1 aromatic heterocycles. The molecule has 19 heavy (non-hydrogen) atoms. The summed E-state index contributed by atoms with van der Waals surface area (Å²) in [6.45, 7) is 1.97. The first-order chi connectivity index (χ1) is 9.06. The third-order valence-electron chi connectivity index (χ3n) is 2.55. The van der Waals surface area contributed by atoms with Gasteiger partial charge >= 0.3 is 5.97 Å². The zero-order valence-electron chi connectivity index (χ0n) is 10.4. The Balaban J connectivity index is 2.08. The lowest BCUT2D eigenvalue weighted by Gasteiger charge is -2.07. The molecular weight excluding hydrogens is 264 g/mol. The topological polar surface area (TPSA) is 65.2 Å². The van der Waals surface area contributed by atoms with Crippen molar-refractivity contribution < 1.29 is 9.53 Å². The normalized spacial score (nSPS) is 10.2. The van der Waals surface area contributed by atoms with E-state index in [0.29, 0.717) is 21.8 Å². The summed E-state index contributed by atoms with van der Waals surface area (Å²) >= 11 is 5.93. The second kappa shape index (κ2) is 5.71. The lowest BCUT2D eigenvalue weighted by molar-refractivity contribution is 0.0472. The van der Waals surface area contributed by atoms with E-state index in [2.05, 4.69) is 4.98 Å². The van der Waals surface area contributed by atoms with Gasteiger partial charge in [-0.2, -0.15) is 0 Å². The fourth-order valence-electron chi connectivity index (χ4n) is 1.68. The van der Waals surface area contributed by atoms with Gasteiger partial charge in [0, 0.05) is 23.6 Å². The van der Waals surface area contributed by atoms with Gasteiger partial charge < -0.3 is 10.5 Å². The second-order valence-corrected chi connectivity index (χ2v) is 4.58. The zero-order valence-corrected chi connectivity index (χ0v) is 11.1. The van der Waals surface area contributed by atoms with Gasteiger partial charge in [0.2, 0.25) is 0 Å². The number of nitrogens with two attached hydrogens (primary N) is 1. The van der Waals surface area contributed by atoms with Crippen LogP contribution in [0, 0.1) is 6.92 Å². The molecule has 98 valence electrons. The highest BCUT2D eigenvalue weighted by Gasteiger charge is 2.10. The van der Waals surface area contributed by atoms with Crippen LogP contribution in [0.4, 0.5) is 5.69 Å². The van der Waals surface area contributed by atoms with Crippen LogP contribution in [0.15, 0.2) is 36.7 Å². The van der Waals surface area contributed by atoms with Gasteiger partial charge in [0.05, 0.1) is 10.6 Å². The Hall–Kier alpha value is -2.07. The summed E-state index contributed by atoms with van der Waals surface area (Å²) in [5, 5.41) is 0.471. The highest BCUT2D eigenvalue weighted by atomic mass is 35.5. The van der Waals surface area contributed by atoms with Crippen LogP contribution in [0.2, 0.25) is 5.02 Å². The Morgan fingerprint density at radius 3 is 2.89 bits per heavy atom. The Kier molecular flexibility index (Phi) is 4.02. The first kappa shape index (κ1) is 13.4. The summed E-state index contributed by atoms with van der Waals surface area (Å²) in [6, 6.07) is 6.81. The molecule has 0 bridgehead atoms. The summed E-state index contributed by atoms with van der Waals surface area (Å²) in [5.41, 5.74) is 8.29. The number of ether oxygens (including phenoxy) is 1. The van der Waals surface area contributed by atoms with E-state index in [1.165, 1.54) is 6.20 Å². The molecule has 1 aromatic carbocycles. The molecule has 0 fully saturated rings. The van der Waals surface area contributed by atoms with Crippen molar-refractivity contribution in [3.05, 3.63) is 58.4 Å². The number of carbonyl (C=O) groups is 1. The van der Waals surface area contributed by atoms with E-state index < -0.39 is 5.97 Å². The average molecular weight is 277 g/mol. The van der Waals surface area contributed by atoms with Crippen LogP contribution in [0.5, 0.6) is 0 Å². The number of aromatic nitrogens is 1. The first-order valence-corrected chi connectivity index (χ1v) is 6.07. The van der Waals surface area contributed by atoms with Crippen molar-refractivity contribution in [2.75, 3.05) is 5.73 Å². The largest absolute Gasteiger partial charge is 0.457 e. The van der Waals surface area contributed by atoms with Crippen LogP contribution < -0.4 is 5.73 Å². The van der Waals surface area contributed by atoms with Crippen molar-refractivity contribution in [2.45, 2.75) is 13.5 Å². The van der Waals surface area contributed by atoms with Gasteiger partial charge in [-0.25, -0.2) is 4.79 Å². The van der Waals surface area contributed by atoms with Crippen molar-refractivity contribution in [3.63, 3.8) is 0 Å². The third-order valence-corrected chi connectivity index (χ3v) is 2.89. The molecule has 2 rings (SSSR count). The van der Waals surface area contributed by atoms with E-state index in [9.17, 15) is 4.79 Å². The van der Waals surface area contributed by atoms with Crippen LogP contribution in [0.3, 0.4) is 0 Å². The van der Waals surface area contributed by atoms with E-state index in [4.69, 9.17) is 22.1 Å². The fourth-order valence-corrected chi connectivity index (χ4v) is 1.85. The molecule has 0 aliphatic rings. The van der Waals surface area contributed by atoms with E-state index in [0.717, 1.165) is 5.56 Å². The molecule has 1 heterocycles. The summed E-state index contributed by atoms with van der Waals surface area (Å²) in [7, 11) is 0. The summed E-state index contributed by atoms with van der Waals surface area (Å²) in [4.78, 5) is 15.8. The number of esters is 1. The molecule has 4 nitrogen and oxygen atoms in total. The molecule has 0 radical (unpaired) electrons. The van der Waals surface area contributed by atoms with Crippen LogP contribution in [0.1, 0.15) is 21.5 Å². The molecule has 0 amide bonds. The maximum absolute atomic E-state index is 11.9. The molecule has 0 aliphatic heterocycles. The van der Waals surface area contributed by atoms with Crippen LogP contribution in [-0.2, 0) is 11.3 Å². The highest BCUT2D eigenvalue weighted by Crippen LogP contribution is 2.16. The van der Waals surface area contributed by atoms with E-state index in [1.807, 2.05) is 6.92 Å². The van der Waals surface area contributed by atoms with Crippen LogP contribution in [0.25, 0.3) is 0 Å². The molecule has 2 aromatic rings. The number of benzene rings is 1. The molecule has 0 atom stereocenters. The number of nitrogens with zero attached hydrogens (tertiary/aromatic N) is 1. The quantitative estimate of drug-likeness (QED) is 0.691. The molecule has 0 saturated carbocycles. The molecule has 0 spiro atoms. The highest BCUT2D eigenvalue weighted by molar-refractivity contribution is 6.31. The molecule has 2 N–H and O–H groups in total. The van der Waals surface area contributed by atoms with E-state index in [-0.39, 0.29) is 6.61 Å². The van der Waals surface area contributed by atoms with Crippen LogP contribution >= 0.6 is 11.6 Å². The number of anilines is 1. The summed E-state index contributed by atoms with van der Waals surface area (Å²) < 4.78 is 5.20. The molecular formula is C14H13ClN2O2. The maximum atomic E-state index is 11.9. The minimum absolute atomic E-state index is 0.105. The van der Waals surface area contributed by atoms with Gasteiger partial charge in [0.15, 0.2) is 0 Å². The van der Waals surface area contributed by atoms with Crippen molar-refractivity contribution in [3.8, 4) is 0 Å². The zero-order chi connectivity index (χ0) is 13.8. The Bertz CT molecular complexity index is 594. The predicted molar refractivity (Wildman–Crippen MR) is 74.0 cm³/mol. The molecule has 0 saturated heterocycles. The van der Waals surface area contributed by atoms with Crippen molar-refractivity contribution in [1.29, 1.82) is 0 Å². The predicted octanol–water partition coefficient (Wildman–Crippen LogP) is 2.98. The summed E-state index contributed by atoms with van der Waals surface area (Å²) in [5.74, 6) is -0.428. The Morgan fingerprint density at radius 1 is 1.42 bits per heavy atom. The second-order valence-electron chi connectivity index (χ2n) is 4.18. The maximum Gasteiger partial charge on any atom is 0.338 e. The smallest absolute Gasteiger partial charge is 0.338 e. The minimum atomic E-state index is -0.428. The molecule has 0 aliphatic carbocycles. The van der Waals surface area contributed by atoms with Gasteiger partial charge in [0.1, 0.15) is 6.61 Å². The minimum Gasteiger partial charge on any atom is -0.457 e. The van der Waals surface area contributed by atoms with Crippen molar-refractivity contribution in [2.24, 2.45) is 0 Å². The standard InChI is InChI=1S/C14H13ClN2O2/c1-9-4-11(6-12(16)5-9)14(18)19-8-10-2-3-17-7-13(10)15/h2-7H,8,16H2,1H3. The van der Waals surface area contributed by atoms with E-state index >= 15 is 0 Å². The number of carbonyl (C=O) groups excluding carboxylic acids is 1. The van der Waals surface area contributed by atoms with Crippen LogP contribution in [-0.4, -0.2) is 11.0 Å². The van der Waals surface area contributed by atoms with Crippen molar-refractivity contribution >= 4 is 23.3 Å². The number of hydrogen-bond acceptors (Lipinski definition) is 4. The number of nitrogen functional groups attached to an aromatic ring is 1.